The van der Waals surface area contributed by atoms with E-state index in [2.05, 4.69) is 37.2 Å². The maximum Gasteiger partial charge on any atom is 0.143 e. The van der Waals surface area contributed by atoms with Crippen molar-refractivity contribution < 1.29 is 9.32 Å². The summed E-state index contributed by atoms with van der Waals surface area (Å²) in [5.41, 5.74) is 1.05. The van der Waals surface area contributed by atoms with Crippen LogP contribution in [0.3, 0.4) is 0 Å². The van der Waals surface area contributed by atoms with E-state index in [0.29, 0.717) is 21.2 Å². The normalized spacial score (nSPS) is 14.6. The lowest BCUT2D eigenvalue weighted by Crippen LogP contribution is -2.30. The Morgan fingerprint density at radius 2 is 1.94 bits per heavy atom. The molecule has 1 rings (SSSR count). The highest BCUT2D eigenvalue weighted by atomic mass is 79.9. The Bertz CT molecular complexity index is 403. The molecule has 1 aromatic rings. The molecule has 17 heavy (non-hydrogen) atoms. The lowest BCUT2D eigenvalue weighted by Gasteiger charge is -2.13. The molecule has 0 fully saturated rings. The number of aromatic hydroxyl groups is 1. The van der Waals surface area contributed by atoms with Crippen LogP contribution < -0.4 is 5.32 Å². The quantitative estimate of drug-likeness (QED) is 0.820. The molecule has 2 unspecified atom stereocenters. The van der Waals surface area contributed by atoms with Gasteiger partial charge in [-0.15, -0.1) is 0 Å². The number of hydrogen-bond donors (Lipinski definition) is 2. The molecule has 0 aromatic heterocycles. The summed E-state index contributed by atoms with van der Waals surface area (Å²) in [6, 6.07) is 3.93. The zero-order valence-electron chi connectivity index (χ0n) is 9.67. The summed E-state index contributed by atoms with van der Waals surface area (Å²) in [6.45, 7) is 2.68. The number of nitrogens with one attached hydrogen (secondary N) is 1. The number of phenols is 1. The minimum Gasteiger partial charge on any atom is -0.506 e. The zero-order valence-corrected chi connectivity index (χ0v) is 13.7. The minimum absolute atomic E-state index is 0.201. The van der Waals surface area contributed by atoms with E-state index in [1.54, 1.807) is 6.26 Å². The van der Waals surface area contributed by atoms with Crippen LogP contribution in [-0.4, -0.2) is 27.4 Å². The second-order valence-corrected chi connectivity index (χ2v) is 7.12. The van der Waals surface area contributed by atoms with Gasteiger partial charge >= 0.3 is 0 Å². The van der Waals surface area contributed by atoms with Crippen molar-refractivity contribution in [2.24, 2.45) is 0 Å². The van der Waals surface area contributed by atoms with Gasteiger partial charge in [0.1, 0.15) is 5.75 Å². The maximum absolute atomic E-state index is 11.0. The van der Waals surface area contributed by atoms with Gasteiger partial charge in [-0.05, 0) is 56.5 Å². The van der Waals surface area contributed by atoms with Crippen LogP contribution in [0, 0.1) is 0 Å². The summed E-state index contributed by atoms with van der Waals surface area (Å²) in [4.78, 5) is 0. The fourth-order valence-electron chi connectivity index (χ4n) is 1.42. The van der Waals surface area contributed by atoms with E-state index >= 15 is 0 Å². The van der Waals surface area contributed by atoms with Gasteiger partial charge in [0, 0.05) is 35.4 Å². The molecule has 2 N–H and O–H groups in total. The predicted molar refractivity (Wildman–Crippen MR) is 78.7 cm³/mol. The first kappa shape index (κ1) is 15.1. The first-order valence-electron chi connectivity index (χ1n) is 5.10. The second kappa shape index (κ2) is 6.87. The monoisotopic (exact) mass is 383 g/mol. The van der Waals surface area contributed by atoms with Crippen molar-refractivity contribution in [2.75, 3.05) is 12.0 Å². The molecule has 0 heterocycles. The fourth-order valence-corrected chi connectivity index (χ4v) is 3.53. The molecule has 6 heteroatoms. The molecule has 0 saturated heterocycles. The Kier molecular flexibility index (Phi) is 6.12. The van der Waals surface area contributed by atoms with Crippen LogP contribution in [0.2, 0.25) is 0 Å². The predicted octanol–water partition coefficient (Wildman–Crippen LogP) is 2.77. The molecule has 0 amide bonds. The molecule has 0 saturated carbocycles. The van der Waals surface area contributed by atoms with Crippen molar-refractivity contribution in [3.63, 3.8) is 0 Å². The highest BCUT2D eigenvalue weighted by molar-refractivity contribution is 9.11. The van der Waals surface area contributed by atoms with Gasteiger partial charge in [-0.25, -0.2) is 0 Å². The Labute approximate surface area is 121 Å². The van der Waals surface area contributed by atoms with E-state index in [0.717, 1.165) is 5.56 Å². The molecule has 0 radical (unpaired) electrons. The lowest BCUT2D eigenvalue weighted by molar-refractivity contribution is 0.468. The van der Waals surface area contributed by atoms with Gasteiger partial charge < -0.3 is 10.4 Å². The third-order valence-electron chi connectivity index (χ3n) is 2.22. The number of rotatable bonds is 5. The molecule has 1 aromatic carbocycles. The molecule has 0 aliphatic carbocycles. The van der Waals surface area contributed by atoms with E-state index in [9.17, 15) is 9.32 Å². The van der Waals surface area contributed by atoms with Crippen LogP contribution in [-0.2, 0) is 17.3 Å². The molecule has 0 spiro atoms. The van der Waals surface area contributed by atoms with Gasteiger partial charge in [0.25, 0.3) is 0 Å². The topological polar surface area (TPSA) is 49.3 Å². The summed E-state index contributed by atoms with van der Waals surface area (Å²) < 4.78 is 12.4. The third-order valence-corrected chi connectivity index (χ3v) is 4.39. The summed E-state index contributed by atoms with van der Waals surface area (Å²) in [7, 11) is -0.787. The molecule has 0 aliphatic rings. The van der Waals surface area contributed by atoms with Crippen molar-refractivity contribution in [1.82, 2.24) is 5.32 Å². The Morgan fingerprint density at radius 1 is 1.41 bits per heavy atom. The molecular formula is C11H15Br2NO2S. The zero-order chi connectivity index (χ0) is 13.0. The Morgan fingerprint density at radius 3 is 2.41 bits per heavy atom. The highest BCUT2D eigenvalue weighted by Crippen LogP contribution is 2.33. The van der Waals surface area contributed by atoms with Gasteiger partial charge in [0.2, 0.25) is 0 Å². The van der Waals surface area contributed by atoms with Gasteiger partial charge in [0.15, 0.2) is 0 Å². The number of benzene rings is 1. The molecular weight excluding hydrogens is 370 g/mol. The largest absolute Gasteiger partial charge is 0.506 e. The van der Waals surface area contributed by atoms with Crippen molar-refractivity contribution in [2.45, 2.75) is 19.5 Å². The van der Waals surface area contributed by atoms with Crippen LogP contribution in [0.4, 0.5) is 0 Å². The second-order valence-electron chi connectivity index (χ2n) is 3.93. The summed E-state index contributed by atoms with van der Waals surface area (Å²) in [6.07, 6.45) is 1.70. The van der Waals surface area contributed by atoms with Crippen LogP contribution in [0.1, 0.15) is 12.5 Å². The molecule has 0 bridgehead atoms. The molecule has 2 atom stereocenters. The Balaban J connectivity index is 2.61. The van der Waals surface area contributed by atoms with Crippen LogP contribution in [0.15, 0.2) is 21.1 Å². The van der Waals surface area contributed by atoms with Crippen LogP contribution in [0.25, 0.3) is 0 Å². The third kappa shape index (κ3) is 5.07. The van der Waals surface area contributed by atoms with Gasteiger partial charge in [0.05, 0.1) is 8.95 Å². The molecule has 96 valence electrons. The average Bonchev–Trinajstić information content (AvgIpc) is 2.22. The SMILES string of the molecule is CC(CS(C)=O)NCc1cc(Br)c(O)c(Br)c1. The smallest absolute Gasteiger partial charge is 0.143 e. The lowest BCUT2D eigenvalue weighted by atomic mass is 10.2. The van der Waals surface area contributed by atoms with E-state index in [1.165, 1.54) is 0 Å². The van der Waals surface area contributed by atoms with Crippen molar-refractivity contribution in [1.29, 1.82) is 0 Å². The molecule has 0 aliphatic heterocycles. The van der Waals surface area contributed by atoms with Gasteiger partial charge in [-0.3, -0.25) is 4.21 Å². The first-order valence-corrected chi connectivity index (χ1v) is 8.41. The van der Waals surface area contributed by atoms with Gasteiger partial charge in [-0.1, -0.05) is 0 Å². The number of hydrogen-bond acceptors (Lipinski definition) is 3. The van der Waals surface area contributed by atoms with Crippen molar-refractivity contribution in [3.8, 4) is 5.75 Å². The maximum atomic E-state index is 11.0. The fraction of sp³-hybridized carbons (Fsp3) is 0.455. The van der Waals surface area contributed by atoms with Crippen LogP contribution in [0.5, 0.6) is 5.75 Å². The highest BCUT2D eigenvalue weighted by Gasteiger charge is 2.08. The van der Waals surface area contributed by atoms with Crippen molar-refractivity contribution >= 4 is 42.7 Å². The number of phenolic OH excluding ortho intramolecular Hbond substituents is 1. The first-order chi connectivity index (χ1) is 7.90. The Hall–Kier alpha value is 0.0900. The van der Waals surface area contributed by atoms with Crippen LogP contribution >= 0.6 is 31.9 Å². The number of halogens is 2. The minimum atomic E-state index is -0.787. The van der Waals surface area contributed by atoms with Crippen molar-refractivity contribution in [3.05, 3.63) is 26.6 Å². The average molecular weight is 385 g/mol. The summed E-state index contributed by atoms with van der Waals surface area (Å²) in [5.74, 6) is 0.844. The summed E-state index contributed by atoms with van der Waals surface area (Å²) in [5, 5.41) is 12.9. The summed E-state index contributed by atoms with van der Waals surface area (Å²) >= 11 is 6.58. The van der Waals surface area contributed by atoms with E-state index in [4.69, 9.17) is 0 Å². The van der Waals surface area contributed by atoms with E-state index < -0.39 is 10.8 Å². The van der Waals surface area contributed by atoms with Gasteiger partial charge in [-0.2, -0.15) is 0 Å². The van der Waals surface area contributed by atoms with E-state index in [-0.39, 0.29) is 11.8 Å². The van der Waals surface area contributed by atoms with E-state index in [1.807, 2.05) is 19.1 Å². The standard InChI is InChI=1S/C11H15Br2NO2S/c1-7(6-17(2)16)14-5-8-3-9(12)11(15)10(13)4-8/h3-4,7,14-15H,5-6H2,1-2H3. The molecule has 3 nitrogen and oxygen atoms in total.